The quantitative estimate of drug-likeness (QED) is 0.785. The fraction of sp³-hybridized carbons (Fsp3) is 0.500. The number of nitrogens with zero attached hydrogens (tertiary/aromatic N) is 4. The first-order valence-electron chi connectivity index (χ1n) is 8.03. The summed E-state index contributed by atoms with van der Waals surface area (Å²) in [4.78, 5) is 24.7. The first-order valence-corrected chi connectivity index (χ1v) is 8.03. The van der Waals surface area contributed by atoms with Gasteiger partial charge in [0.05, 0.1) is 5.69 Å². The van der Waals surface area contributed by atoms with E-state index in [-0.39, 0.29) is 11.9 Å². The minimum absolute atomic E-state index is 0.103. The molecule has 0 saturated heterocycles. The van der Waals surface area contributed by atoms with Gasteiger partial charge in [0.2, 0.25) is 11.9 Å². The van der Waals surface area contributed by atoms with Gasteiger partial charge in [0, 0.05) is 50.6 Å². The third kappa shape index (κ3) is 4.28. The van der Waals surface area contributed by atoms with E-state index in [0.717, 1.165) is 37.3 Å². The highest BCUT2D eigenvalue weighted by atomic mass is 16.1. The zero-order valence-electron chi connectivity index (χ0n) is 13.3. The van der Waals surface area contributed by atoms with E-state index in [4.69, 9.17) is 0 Å². The number of amides is 1. The third-order valence-electron chi connectivity index (χ3n) is 3.91. The third-order valence-corrected chi connectivity index (χ3v) is 3.91. The molecule has 3 heterocycles. The van der Waals surface area contributed by atoms with Crippen LogP contribution >= 0.6 is 0 Å². The Bertz CT molecular complexity index is 654. The van der Waals surface area contributed by atoms with Gasteiger partial charge in [-0.2, -0.15) is 0 Å². The molecule has 1 amide bonds. The first kappa shape index (κ1) is 15.5. The van der Waals surface area contributed by atoms with Crippen molar-refractivity contribution in [2.45, 2.75) is 45.2 Å². The minimum Gasteiger partial charge on any atom is -0.354 e. The average molecular weight is 314 g/mol. The number of nitrogens with one attached hydrogen (secondary N) is 2. The topological polar surface area (TPSA) is 84.7 Å². The Kier molecular flexibility index (Phi) is 4.85. The molecule has 0 aliphatic carbocycles. The molecule has 0 unspecified atom stereocenters. The van der Waals surface area contributed by atoms with Crippen molar-refractivity contribution in [1.29, 1.82) is 0 Å². The lowest BCUT2D eigenvalue weighted by atomic mass is 10.1. The van der Waals surface area contributed by atoms with Gasteiger partial charge in [-0.3, -0.25) is 4.79 Å². The summed E-state index contributed by atoms with van der Waals surface area (Å²) in [5, 5.41) is 6.23. The van der Waals surface area contributed by atoms with Crippen molar-refractivity contribution in [2.75, 3.05) is 11.9 Å². The van der Waals surface area contributed by atoms with E-state index in [1.54, 1.807) is 18.5 Å². The molecular formula is C16H22N6O. The molecule has 3 rings (SSSR count). The number of anilines is 1. The molecule has 122 valence electrons. The predicted molar refractivity (Wildman–Crippen MR) is 87.0 cm³/mol. The zero-order chi connectivity index (χ0) is 16.1. The molecule has 1 aliphatic heterocycles. The smallest absolute Gasteiger partial charge is 0.222 e. The molecule has 0 spiro atoms. The van der Waals surface area contributed by atoms with Gasteiger partial charge in [-0.15, -0.1) is 0 Å². The summed E-state index contributed by atoms with van der Waals surface area (Å²) in [6.07, 6.45) is 8.58. The van der Waals surface area contributed by atoms with Crippen LogP contribution in [0.25, 0.3) is 0 Å². The Hall–Kier alpha value is -2.44. The highest BCUT2D eigenvalue weighted by Crippen LogP contribution is 2.15. The van der Waals surface area contributed by atoms with Crippen molar-refractivity contribution in [1.82, 2.24) is 24.8 Å². The molecule has 0 bridgehead atoms. The Morgan fingerprint density at radius 1 is 1.39 bits per heavy atom. The van der Waals surface area contributed by atoms with E-state index in [0.29, 0.717) is 18.9 Å². The lowest BCUT2D eigenvalue weighted by Crippen LogP contribution is -2.40. The monoisotopic (exact) mass is 314 g/mol. The largest absolute Gasteiger partial charge is 0.354 e. The number of aromatic nitrogens is 4. The van der Waals surface area contributed by atoms with Crippen molar-refractivity contribution >= 4 is 11.9 Å². The van der Waals surface area contributed by atoms with Crippen LogP contribution in [0.15, 0.2) is 24.7 Å². The van der Waals surface area contributed by atoms with Crippen LogP contribution in [0.5, 0.6) is 0 Å². The number of fused-ring (bicyclic) bond motifs is 1. The molecule has 2 aromatic heterocycles. The van der Waals surface area contributed by atoms with Crippen LogP contribution in [-0.2, 0) is 17.8 Å². The lowest BCUT2D eigenvalue weighted by molar-refractivity contribution is -0.122. The summed E-state index contributed by atoms with van der Waals surface area (Å²) in [5.41, 5.74) is 1.04. The molecule has 1 atom stereocenters. The normalized spacial score (nSPS) is 16.7. The second-order valence-electron chi connectivity index (χ2n) is 5.86. The second-order valence-corrected chi connectivity index (χ2v) is 5.86. The summed E-state index contributed by atoms with van der Waals surface area (Å²) in [6, 6.07) is 1.98. The lowest BCUT2D eigenvalue weighted by Gasteiger charge is -2.24. The molecule has 0 aromatic carbocycles. The maximum absolute atomic E-state index is 12.0. The SMILES string of the molecule is Cc1cn2c(n1)CC[C@@H](NC(=O)CCCNc1ncccn1)C2. The number of carbonyl (C=O) groups is 1. The van der Waals surface area contributed by atoms with Crippen LogP contribution in [0.2, 0.25) is 0 Å². The van der Waals surface area contributed by atoms with Gasteiger partial charge in [-0.25, -0.2) is 15.0 Å². The van der Waals surface area contributed by atoms with Gasteiger partial charge in [-0.05, 0) is 25.8 Å². The van der Waals surface area contributed by atoms with Gasteiger partial charge >= 0.3 is 0 Å². The average Bonchev–Trinajstić information content (AvgIpc) is 2.92. The molecule has 23 heavy (non-hydrogen) atoms. The molecule has 2 N–H and O–H groups in total. The fourth-order valence-corrected chi connectivity index (χ4v) is 2.84. The van der Waals surface area contributed by atoms with Gasteiger partial charge in [0.15, 0.2) is 0 Å². The maximum atomic E-state index is 12.0. The Balaban J connectivity index is 1.37. The van der Waals surface area contributed by atoms with Gasteiger partial charge < -0.3 is 15.2 Å². The van der Waals surface area contributed by atoms with Crippen LogP contribution in [0, 0.1) is 6.92 Å². The van der Waals surface area contributed by atoms with Crippen LogP contribution in [0.3, 0.4) is 0 Å². The Morgan fingerprint density at radius 2 is 2.22 bits per heavy atom. The van der Waals surface area contributed by atoms with E-state index in [1.807, 2.05) is 6.92 Å². The van der Waals surface area contributed by atoms with E-state index in [1.165, 1.54) is 0 Å². The number of hydrogen-bond donors (Lipinski definition) is 2. The maximum Gasteiger partial charge on any atom is 0.222 e. The van der Waals surface area contributed by atoms with Crippen LogP contribution in [0.1, 0.15) is 30.8 Å². The summed E-state index contributed by atoms with van der Waals surface area (Å²) in [7, 11) is 0. The first-order chi connectivity index (χ1) is 11.2. The van der Waals surface area contributed by atoms with Crippen molar-refractivity contribution in [3.63, 3.8) is 0 Å². The van der Waals surface area contributed by atoms with Crippen molar-refractivity contribution in [2.24, 2.45) is 0 Å². The second kappa shape index (κ2) is 7.21. The van der Waals surface area contributed by atoms with Crippen LogP contribution < -0.4 is 10.6 Å². The minimum atomic E-state index is 0.103. The fourth-order valence-electron chi connectivity index (χ4n) is 2.84. The molecule has 0 radical (unpaired) electrons. The number of imidazole rings is 1. The van der Waals surface area contributed by atoms with Crippen molar-refractivity contribution in [3.05, 3.63) is 36.2 Å². The summed E-state index contributed by atoms with van der Waals surface area (Å²) < 4.78 is 2.15. The van der Waals surface area contributed by atoms with Gasteiger partial charge in [0.25, 0.3) is 0 Å². The molecule has 2 aromatic rings. The molecule has 7 nitrogen and oxygen atoms in total. The molecule has 0 saturated carbocycles. The Morgan fingerprint density at radius 3 is 3.04 bits per heavy atom. The number of carbonyl (C=O) groups excluding carboxylic acids is 1. The van der Waals surface area contributed by atoms with E-state index >= 15 is 0 Å². The molecule has 1 aliphatic rings. The van der Waals surface area contributed by atoms with E-state index < -0.39 is 0 Å². The number of aryl methyl sites for hydroxylation is 2. The standard InChI is InChI=1S/C16H22N6O/c1-12-10-22-11-13(5-6-14(22)20-12)21-15(23)4-2-7-17-16-18-8-3-9-19-16/h3,8-10,13H,2,4-7,11H2,1H3,(H,21,23)(H,17,18,19)/t13-/m1/s1. The van der Waals surface area contributed by atoms with E-state index in [2.05, 4.69) is 36.3 Å². The van der Waals surface area contributed by atoms with E-state index in [9.17, 15) is 4.79 Å². The molecular weight excluding hydrogens is 292 g/mol. The van der Waals surface area contributed by atoms with Crippen molar-refractivity contribution < 1.29 is 4.79 Å². The van der Waals surface area contributed by atoms with Crippen molar-refractivity contribution in [3.8, 4) is 0 Å². The summed E-state index contributed by atoms with van der Waals surface area (Å²) >= 11 is 0. The number of rotatable bonds is 6. The molecule has 7 heteroatoms. The Labute approximate surface area is 135 Å². The number of hydrogen-bond acceptors (Lipinski definition) is 5. The van der Waals surface area contributed by atoms with Gasteiger partial charge in [0.1, 0.15) is 5.82 Å². The summed E-state index contributed by atoms with van der Waals surface area (Å²) in [6.45, 7) is 3.51. The van der Waals surface area contributed by atoms with Crippen LogP contribution in [0.4, 0.5) is 5.95 Å². The van der Waals surface area contributed by atoms with Crippen LogP contribution in [-0.4, -0.2) is 38.0 Å². The highest BCUT2D eigenvalue weighted by Gasteiger charge is 2.20. The predicted octanol–water partition coefficient (Wildman–Crippen LogP) is 1.30. The van der Waals surface area contributed by atoms with Gasteiger partial charge in [-0.1, -0.05) is 0 Å². The molecule has 0 fully saturated rings. The highest BCUT2D eigenvalue weighted by molar-refractivity contribution is 5.76. The summed E-state index contributed by atoms with van der Waals surface area (Å²) in [5.74, 6) is 1.83. The zero-order valence-corrected chi connectivity index (χ0v) is 13.3.